The van der Waals surface area contributed by atoms with E-state index in [9.17, 15) is 14.4 Å². The SMILES string of the molecule is CC/C=C\C/C=C\C/C=C\CCCCCC(=O)OC(COC(=O)CCCCCCC/C=C\CCCCCC)COC(=O)CCCCCCC/C=C\CCCCCCCC. The number of hydrogen-bond acceptors (Lipinski definition) is 6. The van der Waals surface area contributed by atoms with Gasteiger partial charge in [0.2, 0.25) is 0 Å². The number of unbranched alkanes of at least 4 members (excludes halogenated alkanes) is 23. The molecule has 0 aliphatic rings. The zero-order chi connectivity index (χ0) is 43.0. The number of carbonyl (C=O) groups is 3. The molecule has 0 saturated heterocycles. The van der Waals surface area contributed by atoms with E-state index >= 15 is 0 Å². The van der Waals surface area contributed by atoms with Gasteiger partial charge >= 0.3 is 17.9 Å². The van der Waals surface area contributed by atoms with E-state index in [0.717, 1.165) is 96.3 Å². The quantitative estimate of drug-likeness (QED) is 0.0263. The number of esters is 3. The van der Waals surface area contributed by atoms with Crippen LogP contribution in [0.4, 0.5) is 0 Å². The van der Waals surface area contributed by atoms with Crippen LogP contribution in [0.25, 0.3) is 0 Å². The van der Waals surface area contributed by atoms with Crippen LogP contribution in [0, 0.1) is 0 Å². The van der Waals surface area contributed by atoms with Gasteiger partial charge < -0.3 is 14.2 Å². The Morgan fingerprint density at radius 2 is 0.661 bits per heavy atom. The fourth-order valence-electron chi connectivity index (χ4n) is 6.74. The molecule has 0 amide bonds. The topological polar surface area (TPSA) is 78.9 Å². The van der Waals surface area contributed by atoms with E-state index in [4.69, 9.17) is 14.2 Å². The molecule has 0 spiro atoms. The monoisotopic (exact) mass is 825 g/mol. The lowest BCUT2D eigenvalue weighted by atomic mass is 10.1. The van der Waals surface area contributed by atoms with Gasteiger partial charge in [-0.1, -0.05) is 178 Å². The van der Waals surface area contributed by atoms with Gasteiger partial charge in [-0.3, -0.25) is 14.4 Å². The zero-order valence-corrected chi connectivity index (χ0v) is 38.8. The molecule has 0 aliphatic carbocycles. The van der Waals surface area contributed by atoms with Crippen LogP contribution < -0.4 is 0 Å². The van der Waals surface area contributed by atoms with E-state index in [-0.39, 0.29) is 31.1 Å². The maximum Gasteiger partial charge on any atom is 0.306 e. The Morgan fingerprint density at radius 1 is 0.356 bits per heavy atom. The molecule has 0 aromatic heterocycles. The second-order valence-corrected chi connectivity index (χ2v) is 16.3. The van der Waals surface area contributed by atoms with E-state index in [0.29, 0.717) is 19.3 Å². The van der Waals surface area contributed by atoms with Crippen molar-refractivity contribution >= 4 is 17.9 Å². The Balaban J connectivity index is 4.44. The second kappa shape index (κ2) is 47.8. The summed E-state index contributed by atoms with van der Waals surface area (Å²) in [5, 5.41) is 0. The van der Waals surface area contributed by atoms with Crippen molar-refractivity contribution in [1.29, 1.82) is 0 Å². The van der Waals surface area contributed by atoms with Gasteiger partial charge in [-0.05, 0) is 103 Å². The zero-order valence-electron chi connectivity index (χ0n) is 38.8. The molecule has 59 heavy (non-hydrogen) atoms. The first-order valence-electron chi connectivity index (χ1n) is 24.8. The first-order valence-corrected chi connectivity index (χ1v) is 24.8. The van der Waals surface area contributed by atoms with Gasteiger partial charge in [-0.25, -0.2) is 0 Å². The summed E-state index contributed by atoms with van der Waals surface area (Å²) >= 11 is 0. The van der Waals surface area contributed by atoms with Crippen molar-refractivity contribution in [3.8, 4) is 0 Å². The standard InChI is InChI=1S/C53H92O6/c1-4-7-10-13-16-19-22-25-26-29-31-34-37-40-43-46-52(55)58-49-50(59-53(56)47-44-41-38-35-32-28-24-21-18-15-12-9-6-3)48-57-51(54)45-42-39-36-33-30-27-23-20-17-14-11-8-5-2/h9,12,18,20-21,23,25-26,28,32,50H,4-8,10-11,13-17,19,22,24,27,29-31,33-49H2,1-3H3/b12-9-,21-18-,23-20-,26-25-,32-28-. The maximum absolute atomic E-state index is 12.7. The fraction of sp³-hybridized carbons (Fsp3) is 0.755. The summed E-state index contributed by atoms with van der Waals surface area (Å²) in [6.45, 7) is 6.46. The molecule has 6 nitrogen and oxygen atoms in total. The molecule has 0 heterocycles. The highest BCUT2D eigenvalue weighted by Crippen LogP contribution is 2.13. The Labute approximate surface area is 364 Å². The van der Waals surface area contributed by atoms with Crippen molar-refractivity contribution < 1.29 is 28.6 Å². The highest BCUT2D eigenvalue weighted by molar-refractivity contribution is 5.71. The van der Waals surface area contributed by atoms with E-state index in [1.807, 2.05) is 0 Å². The predicted octanol–water partition coefficient (Wildman–Crippen LogP) is 16.1. The molecule has 0 aromatic rings. The van der Waals surface area contributed by atoms with Crippen LogP contribution in [0.3, 0.4) is 0 Å². The van der Waals surface area contributed by atoms with E-state index in [2.05, 4.69) is 81.5 Å². The number of rotatable bonds is 44. The molecule has 0 rings (SSSR count). The van der Waals surface area contributed by atoms with Crippen LogP contribution in [-0.2, 0) is 28.6 Å². The van der Waals surface area contributed by atoms with Gasteiger partial charge in [-0.15, -0.1) is 0 Å². The second-order valence-electron chi connectivity index (χ2n) is 16.3. The molecule has 0 fully saturated rings. The number of allylic oxidation sites excluding steroid dienone is 10. The molecule has 0 saturated carbocycles. The molecule has 6 heteroatoms. The van der Waals surface area contributed by atoms with E-state index in [1.54, 1.807) is 0 Å². The molecule has 0 bridgehead atoms. The number of ether oxygens (including phenoxy) is 3. The third-order valence-corrected chi connectivity index (χ3v) is 10.5. The first kappa shape index (κ1) is 56.1. The third-order valence-electron chi connectivity index (χ3n) is 10.5. The lowest BCUT2D eigenvalue weighted by Gasteiger charge is -2.18. The summed E-state index contributed by atoms with van der Waals surface area (Å²) in [4.78, 5) is 37.9. The van der Waals surface area contributed by atoms with Gasteiger partial charge in [0, 0.05) is 19.3 Å². The van der Waals surface area contributed by atoms with Crippen LogP contribution >= 0.6 is 0 Å². The van der Waals surface area contributed by atoms with Crippen molar-refractivity contribution in [2.45, 2.75) is 245 Å². The largest absolute Gasteiger partial charge is 0.462 e. The van der Waals surface area contributed by atoms with Crippen molar-refractivity contribution in [3.63, 3.8) is 0 Å². The van der Waals surface area contributed by atoms with E-state index < -0.39 is 6.10 Å². The third kappa shape index (κ3) is 46.0. The van der Waals surface area contributed by atoms with Crippen molar-refractivity contribution in [3.05, 3.63) is 60.8 Å². The molecule has 0 aromatic carbocycles. The minimum Gasteiger partial charge on any atom is -0.462 e. The molecule has 0 aliphatic heterocycles. The van der Waals surface area contributed by atoms with Gasteiger partial charge in [0.25, 0.3) is 0 Å². The molecular weight excluding hydrogens is 733 g/mol. The maximum atomic E-state index is 12.7. The summed E-state index contributed by atoms with van der Waals surface area (Å²) in [5.41, 5.74) is 0. The lowest BCUT2D eigenvalue weighted by molar-refractivity contribution is -0.167. The normalized spacial score (nSPS) is 12.5. The average Bonchev–Trinajstić information content (AvgIpc) is 3.23. The van der Waals surface area contributed by atoms with Crippen LogP contribution in [0.2, 0.25) is 0 Å². The highest BCUT2D eigenvalue weighted by atomic mass is 16.6. The minimum absolute atomic E-state index is 0.0930. The Hall–Kier alpha value is -2.89. The van der Waals surface area contributed by atoms with Gasteiger partial charge in [0.05, 0.1) is 0 Å². The first-order chi connectivity index (χ1) is 29.0. The molecule has 0 N–H and O–H groups in total. The lowest BCUT2D eigenvalue weighted by Crippen LogP contribution is -2.30. The minimum atomic E-state index is -0.794. The average molecular weight is 825 g/mol. The van der Waals surface area contributed by atoms with Gasteiger partial charge in [-0.2, -0.15) is 0 Å². The van der Waals surface area contributed by atoms with Crippen molar-refractivity contribution in [1.82, 2.24) is 0 Å². The summed E-state index contributed by atoms with van der Waals surface area (Å²) in [7, 11) is 0. The van der Waals surface area contributed by atoms with Gasteiger partial charge in [0.15, 0.2) is 6.10 Å². The summed E-state index contributed by atoms with van der Waals surface area (Å²) in [5.74, 6) is -0.939. The summed E-state index contributed by atoms with van der Waals surface area (Å²) in [6.07, 6.45) is 57.7. The Bertz CT molecular complexity index is 1090. The summed E-state index contributed by atoms with van der Waals surface area (Å²) in [6, 6.07) is 0. The summed E-state index contributed by atoms with van der Waals surface area (Å²) < 4.78 is 16.7. The number of hydrogen-bond donors (Lipinski definition) is 0. The van der Waals surface area contributed by atoms with Gasteiger partial charge in [0.1, 0.15) is 13.2 Å². The Morgan fingerprint density at radius 3 is 1.08 bits per heavy atom. The molecule has 1 atom stereocenters. The highest BCUT2D eigenvalue weighted by Gasteiger charge is 2.19. The van der Waals surface area contributed by atoms with E-state index in [1.165, 1.54) is 103 Å². The molecule has 340 valence electrons. The molecular formula is C53H92O6. The predicted molar refractivity (Wildman–Crippen MR) is 251 cm³/mol. The van der Waals surface area contributed by atoms with Crippen LogP contribution in [0.5, 0.6) is 0 Å². The molecule has 0 radical (unpaired) electrons. The van der Waals surface area contributed by atoms with Crippen LogP contribution in [0.1, 0.15) is 239 Å². The smallest absolute Gasteiger partial charge is 0.306 e. The van der Waals surface area contributed by atoms with Crippen LogP contribution in [-0.4, -0.2) is 37.2 Å². The fourth-order valence-corrected chi connectivity index (χ4v) is 6.74. The Kier molecular flexibility index (Phi) is 45.4. The van der Waals surface area contributed by atoms with Crippen molar-refractivity contribution in [2.24, 2.45) is 0 Å². The molecule has 1 unspecified atom stereocenters. The van der Waals surface area contributed by atoms with Crippen molar-refractivity contribution in [2.75, 3.05) is 13.2 Å². The van der Waals surface area contributed by atoms with Crippen LogP contribution in [0.15, 0.2) is 60.8 Å². The number of carbonyl (C=O) groups excluding carboxylic acids is 3.